The van der Waals surface area contributed by atoms with Crippen molar-refractivity contribution in [3.8, 4) is 11.1 Å². The van der Waals surface area contributed by atoms with Crippen molar-refractivity contribution >= 4 is 53.0 Å². The predicted molar refractivity (Wildman–Crippen MR) is 195 cm³/mol. The summed E-state index contributed by atoms with van der Waals surface area (Å²) < 4.78 is 45.6. The molecule has 1 aliphatic heterocycles. The molecule has 1 aliphatic rings. The average Bonchev–Trinajstić information content (AvgIpc) is 3.53. The summed E-state index contributed by atoms with van der Waals surface area (Å²) in [5.74, 6) is -1.14. The van der Waals surface area contributed by atoms with Crippen LogP contribution in [0.4, 0.5) is 8.78 Å². The van der Waals surface area contributed by atoms with Crippen molar-refractivity contribution in [2.24, 2.45) is 11.7 Å². The minimum atomic E-state index is -1.58. The van der Waals surface area contributed by atoms with Crippen molar-refractivity contribution in [3.05, 3.63) is 88.3 Å². The number of halogens is 3. The summed E-state index contributed by atoms with van der Waals surface area (Å²) in [4.78, 5) is 15.4. The third kappa shape index (κ3) is 6.29. The first kappa shape index (κ1) is 34.6. The molecule has 48 heavy (non-hydrogen) atoms. The first-order valence-corrected chi connectivity index (χ1v) is 20.8. The van der Waals surface area contributed by atoms with Crippen molar-refractivity contribution in [1.29, 1.82) is 0 Å². The van der Waals surface area contributed by atoms with Crippen LogP contribution < -0.4 is 5.73 Å². The van der Waals surface area contributed by atoms with E-state index in [9.17, 15) is 14.3 Å². The summed E-state index contributed by atoms with van der Waals surface area (Å²) in [6, 6.07) is 12.8. The Balaban J connectivity index is 1.72. The monoisotopic (exact) mass is 767 g/mol. The van der Waals surface area contributed by atoms with E-state index in [2.05, 4.69) is 17.0 Å². The third-order valence-electron chi connectivity index (χ3n) is 9.77. The van der Waals surface area contributed by atoms with Gasteiger partial charge in [0.05, 0.1) is 0 Å². The summed E-state index contributed by atoms with van der Waals surface area (Å²) in [5.41, 5.74) is 14.9. The standard InChI is InChI=1S/C37H41BF2IN3O4/c1-19(41(6)38)15-26-16-23(13-14-47-26)34(22-7-9-25(39)10-8-22)44-30-18-24(31-20(2)43-48-21(31)3)17-28(36(42)45)32(30)27-11-12-29(37(4,5)46)33(40)35(27)44/h7-12,17-19,23,26,34,46H,13-16H2,1-6H3,(H2,42,45)/t19-,23?,26?,34?/m0/s1. The summed E-state index contributed by atoms with van der Waals surface area (Å²) in [6.07, 6.45) is 2.13. The van der Waals surface area contributed by atoms with Gasteiger partial charge >= 0.3 is 265 Å². The van der Waals surface area contributed by atoms with Gasteiger partial charge in [-0.15, -0.1) is 0 Å². The van der Waals surface area contributed by atoms with Gasteiger partial charge in [0, 0.05) is 0 Å². The number of carbonyl (C=O) groups excluding carboxylic acids is 1. The number of hydrogen-bond acceptors (Lipinski definition) is 5. The number of ether oxygens (including phenoxy) is 1. The van der Waals surface area contributed by atoms with Crippen LogP contribution in [0.5, 0.6) is 0 Å². The van der Waals surface area contributed by atoms with Crippen LogP contribution in [-0.2, 0) is 10.3 Å². The predicted octanol–water partition coefficient (Wildman–Crippen LogP) is 8.05. The number of rotatable bonds is 9. The number of aromatic nitrogens is 2. The Kier molecular flexibility index (Phi) is 9.51. The zero-order chi connectivity index (χ0) is 34.7. The first-order chi connectivity index (χ1) is 22.7. The van der Waals surface area contributed by atoms with Crippen molar-refractivity contribution in [2.75, 3.05) is 11.5 Å². The number of aryl methyl sites for hydroxylation is 2. The maximum atomic E-state index is 17.1. The molecular formula is C37H41BF2IN3O4. The summed E-state index contributed by atoms with van der Waals surface area (Å²) in [5, 5.41) is 16.2. The molecule has 252 valence electrons. The van der Waals surface area contributed by atoms with Crippen molar-refractivity contribution in [1.82, 2.24) is 9.72 Å². The number of nitrogens with zero attached hydrogens (tertiary/aromatic N) is 2. The number of aliphatic hydroxyl groups is 1. The molecule has 5 aromatic rings. The average molecular weight is 767 g/mol. The third-order valence-corrected chi connectivity index (χ3v) is 13.6. The summed E-state index contributed by atoms with van der Waals surface area (Å²) in [7, 11) is 0. The molecule has 11 heteroatoms. The number of amides is 1. The van der Waals surface area contributed by atoms with Crippen molar-refractivity contribution < 1.29 is 27.9 Å². The Morgan fingerprint density at radius 3 is 2.50 bits per heavy atom. The number of benzene rings is 3. The second kappa shape index (κ2) is 13.2. The Labute approximate surface area is 287 Å². The quantitative estimate of drug-likeness (QED) is 0.0898. The van der Waals surface area contributed by atoms with Crippen LogP contribution in [0.2, 0.25) is 0 Å². The van der Waals surface area contributed by atoms with E-state index in [-0.39, 0.29) is 34.5 Å². The van der Waals surface area contributed by atoms with Gasteiger partial charge in [-0.2, -0.15) is 0 Å². The molecule has 3 unspecified atom stereocenters. The number of fused-ring (bicyclic) bond motifs is 3. The minimum absolute atomic E-state index is 0.0473. The molecule has 6 rings (SSSR count). The Bertz CT molecular complexity index is 1980. The van der Waals surface area contributed by atoms with Crippen LogP contribution in [-0.4, -0.2) is 48.0 Å². The molecule has 1 saturated heterocycles. The van der Waals surface area contributed by atoms with Crippen molar-refractivity contribution in [3.63, 3.8) is 0 Å². The van der Waals surface area contributed by atoms with E-state index in [1.165, 1.54) is 12.1 Å². The molecule has 3 heterocycles. The van der Waals surface area contributed by atoms with E-state index in [1.807, 2.05) is 17.6 Å². The number of primary amides is 1. The fourth-order valence-corrected chi connectivity index (χ4v) is 8.74. The molecule has 0 spiro atoms. The molecule has 4 atom stereocenters. The summed E-state index contributed by atoms with van der Waals surface area (Å²) in [6.45, 7) is 9.38. The van der Waals surface area contributed by atoms with Crippen LogP contribution in [0, 0.1) is 31.4 Å². The van der Waals surface area contributed by atoms with Crippen LogP contribution in [0.3, 0.4) is 0 Å². The molecule has 7 nitrogen and oxygen atoms in total. The van der Waals surface area contributed by atoms with Crippen LogP contribution in [0.15, 0.2) is 53.1 Å². The fraction of sp³-hybridized carbons (Fsp3) is 0.405. The molecule has 1 amide bonds. The van der Waals surface area contributed by atoms with Gasteiger partial charge in [0.1, 0.15) is 0 Å². The SMILES string of the molecule is [B]I(C)[C@@H](C)CC1CC(C(c2ccc(F)cc2)n2c3cc(-c4c(C)noc4C)cc(C(N)=O)c3c3ccc(C(C)(C)O)c(F)c32)CCO1. The van der Waals surface area contributed by atoms with Gasteiger partial charge in [0.2, 0.25) is 0 Å². The molecule has 3 N–H and O–H groups in total. The fourth-order valence-electron chi connectivity index (χ4n) is 7.37. The number of nitrogens with two attached hydrogens (primary N) is 1. The zero-order valence-electron chi connectivity index (χ0n) is 28.1. The molecule has 3 aromatic carbocycles. The van der Waals surface area contributed by atoms with E-state index < -0.39 is 43.0 Å². The molecule has 2 radical (unpaired) electrons. The Morgan fingerprint density at radius 1 is 1.19 bits per heavy atom. The van der Waals surface area contributed by atoms with Crippen LogP contribution in [0.1, 0.15) is 79.0 Å². The number of carbonyl (C=O) groups is 1. The van der Waals surface area contributed by atoms with Gasteiger partial charge in [-0.1, -0.05) is 5.16 Å². The topological polar surface area (TPSA) is 104 Å². The Hall–Kier alpha value is -3.29. The second-order valence-electron chi connectivity index (χ2n) is 13.6. The van der Waals surface area contributed by atoms with Gasteiger partial charge in [0.25, 0.3) is 0 Å². The van der Waals surface area contributed by atoms with Gasteiger partial charge in [0.15, 0.2) is 0 Å². The molecule has 0 saturated carbocycles. The van der Waals surface area contributed by atoms with Gasteiger partial charge in [-0.25, -0.2) is 0 Å². The van der Waals surface area contributed by atoms with Gasteiger partial charge in [-0.3, -0.25) is 0 Å². The van der Waals surface area contributed by atoms with Gasteiger partial charge in [-0.05, 0) is 13.8 Å². The van der Waals surface area contributed by atoms with Crippen LogP contribution in [0.25, 0.3) is 32.9 Å². The molecule has 1 fully saturated rings. The van der Waals surface area contributed by atoms with E-state index in [0.717, 1.165) is 12.0 Å². The van der Waals surface area contributed by atoms with E-state index in [4.69, 9.17) is 20.7 Å². The maximum absolute atomic E-state index is 17.1. The van der Waals surface area contributed by atoms with Gasteiger partial charge < -0.3 is 4.52 Å². The number of alkyl halides is 2. The van der Waals surface area contributed by atoms with Crippen molar-refractivity contribution in [2.45, 2.75) is 75.6 Å². The summed E-state index contributed by atoms with van der Waals surface area (Å²) >= 11 is -1.58. The zero-order valence-corrected chi connectivity index (χ0v) is 30.3. The first-order valence-electron chi connectivity index (χ1n) is 16.1. The normalized spacial score (nSPS) is 18.7. The van der Waals surface area contributed by atoms with E-state index in [0.29, 0.717) is 62.2 Å². The second-order valence-corrected chi connectivity index (χ2v) is 18.9. The number of hydrogen-bond donors (Lipinski definition) is 2. The Morgan fingerprint density at radius 2 is 1.90 bits per heavy atom. The molecular weight excluding hydrogens is 726 g/mol. The van der Waals surface area contributed by atoms with E-state index >= 15 is 4.39 Å². The molecule has 0 aliphatic carbocycles. The molecule has 2 aromatic heterocycles. The van der Waals surface area contributed by atoms with Crippen LogP contribution >= 0.6 is 19.6 Å². The molecule has 0 bridgehead atoms. The van der Waals surface area contributed by atoms with E-state index in [1.54, 1.807) is 51.1 Å².